The van der Waals surface area contributed by atoms with E-state index in [1.807, 2.05) is 0 Å². The number of rotatable bonds is 28. The first-order valence-corrected chi connectivity index (χ1v) is 35.5. The Morgan fingerprint density at radius 1 is 0.786 bits per heavy atom. The monoisotopic (exact) mass is 1450 g/mol. The lowest BCUT2D eigenvalue weighted by atomic mass is 9.44. The Morgan fingerprint density at radius 2 is 1.43 bits per heavy atom. The standard InChI is InChI=1S/C72H78N8O21S2/c1-38-49(34-72(94)59(100-65(91)44-21-14-9-15-22-44)57-70(6,50(84)33-51-71(57,37-96-51)101-40(3)82)58(85)55(97-39(2)81)52(38)69(72,4)5)98-66(92)56(53(41-17-10-7-11-18-41)78-62(87)42-19-12-8-13-20-42)99-68(93)95-30-32-103-102-31-16-23-47(83)28-29-48(64(89)90)77-61(86)43-24-26-45(27-25-43)74-35-46-36-75-60-54(76-46)63(88)80-67(73)79-60/h7-15,17-22,24-27,36,48-51,53,55-57,59,74,84,94H,16,23,28-35,37H2,1-6H3,(H,77,86)(H,78,87)(H,89,90)(H3,73,75,79,80,88)/t48-,49?,50-,51+,53-,55+,56+,57-,59-,70+,71-,72+/m0/s1. The predicted octanol–water partition coefficient (Wildman–Crippen LogP) is 6.51. The summed E-state index contributed by atoms with van der Waals surface area (Å²) in [5.41, 5.74) is -1.72. The second kappa shape index (κ2) is 32.1. The molecule has 3 fully saturated rings. The topological polar surface area (TPSA) is 430 Å². The quantitative estimate of drug-likeness (QED) is 0.00852. The lowest BCUT2D eigenvalue weighted by Gasteiger charge is -2.67. The third-order valence-electron chi connectivity index (χ3n) is 19.3. The molecule has 544 valence electrons. The molecule has 6 aromatic rings. The smallest absolute Gasteiger partial charge is 0.480 e. The maximum atomic E-state index is 15.9. The summed E-state index contributed by atoms with van der Waals surface area (Å²) in [6.07, 6.45) is -11.2. The second-order valence-corrected chi connectivity index (χ2v) is 28.9. The van der Waals surface area contributed by atoms with Crippen LogP contribution in [0.2, 0.25) is 0 Å². The number of aliphatic hydroxyl groups excluding tert-OH is 1. The Labute approximate surface area is 597 Å². The van der Waals surface area contributed by atoms with E-state index in [9.17, 15) is 58.5 Å². The number of carboxylic acid groups (broad SMARTS) is 1. The van der Waals surface area contributed by atoms with Crippen LogP contribution in [0.3, 0.4) is 0 Å². The van der Waals surface area contributed by atoms with Crippen molar-refractivity contribution in [3.8, 4) is 0 Å². The van der Waals surface area contributed by atoms with Gasteiger partial charge in [-0.25, -0.2) is 29.1 Å². The molecule has 10 rings (SSSR count). The molecule has 4 aliphatic rings. The van der Waals surface area contributed by atoms with Gasteiger partial charge in [-0.1, -0.05) is 102 Å². The number of H-pyrrole nitrogens is 1. The number of aliphatic hydroxyl groups is 2. The number of aromatic nitrogens is 4. The van der Waals surface area contributed by atoms with E-state index in [2.05, 4.69) is 35.9 Å². The number of aliphatic carboxylic acids is 1. The summed E-state index contributed by atoms with van der Waals surface area (Å²) in [4.78, 5) is 166. The zero-order valence-electron chi connectivity index (χ0n) is 56.9. The van der Waals surface area contributed by atoms with E-state index in [1.54, 1.807) is 78.9 Å². The zero-order chi connectivity index (χ0) is 74.1. The average Bonchev–Trinajstić information content (AvgIpc) is 0.669. The number of ketones is 2. The second-order valence-electron chi connectivity index (χ2n) is 26.2. The Hall–Kier alpha value is -10.1. The fourth-order valence-electron chi connectivity index (χ4n) is 13.9. The van der Waals surface area contributed by atoms with Crippen LogP contribution < -0.4 is 27.2 Å². The maximum Gasteiger partial charge on any atom is 0.509 e. The van der Waals surface area contributed by atoms with Crippen molar-refractivity contribution in [3.05, 3.63) is 171 Å². The van der Waals surface area contributed by atoms with Gasteiger partial charge in [-0.15, -0.1) is 0 Å². The molecule has 4 aromatic carbocycles. The summed E-state index contributed by atoms with van der Waals surface area (Å²) >= 11 is 0. The average molecular weight is 1460 g/mol. The van der Waals surface area contributed by atoms with Gasteiger partial charge in [0.25, 0.3) is 17.4 Å². The predicted molar refractivity (Wildman–Crippen MR) is 371 cm³/mol. The van der Waals surface area contributed by atoms with E-state index < -0.39 is 149 Å². The van der Waals surface area contributed by atoms with Gasteiger partial charge in [0.2, 0.25) is 12.1 Å². The first-order chi connectivity index (χ1) is 49.1. The number of amides is 2. The number of aromatic amines is 1. The molecular formula is C72H78N8O21S2. The van der Waals surface area contributed by atoms with E-state index in [0.717, 1.165) is 13.8 Å². The third-order valence-corrected chi connectivity index (χ3v) is 21.7. The number of carbonyl (C=O) groups excluding carboxylic acids is 9. The van der Waals surface area contributed by atoms with E-state index in [0.29, 0.717) is 23.6 Å². The molecule has 0 spiro atoms. The molecule has 29 nitrogen and oxygen atoms in total. The van der Waals surface area contributed by atoms with Gasteiger partial charge in [-0.3, -0.25) is 38.5 Å². The minimum Gasteiger partial charge on any atom is -0.480 e. The minimum atomic E-state index is -2.54. The van der Waals surface area contributed by atoms with Gasteiger partial charge in [-0.2, -0.15) is 4.98 Å². The molecule has 2 amide bonds. The number of carboxylic acids is 1. The molecule has 1 aliphatic heterocycles. The van der Waals surface area contributed by atoms with Crippen molar-refractivity contribution in [1.82, 2.24) is 30.6 Å². The van der Waals surface area contributed by atoms with Crippen LogP contribution in [0.25, 0.3) is 11.2 Å². The van der Waals surface area contributed by atoms with Crippen LogP contribution in [0, 0.1) is 16.7 Å². The number of nitrogens with two attached hydrogens (primary N) is 1. The molecule has 103 heavy (non-hydrogen) atoms. The van der Waals surface area contributed by atoms with E-state index >= 15 is 9.59 Å². The fourth-order valence-corrected chi connectivity index (χ4v) is 15.9. The van der Waals surface area contributed by atoms with Crippen molar-refractivity contribution in [2.24, 2.45) is 16.7 Å². The maximum absolute atomic E-state index is 15.9. The Balaban J connectivity index is 0.809. The highest BCUT2D eigenvalue weighted by molar-refractivity contribution is 8.76. The number of nitrogens with zero attached hydrogens (tertiary/aromatic N) is 3. The molecule has 2 aromatic heterocycles. The molecule has 3 aliphatic carbocycles. The molecule has 1 unspecified atom stereocenters. The van der Waals surface area contributed by atoms with Crippen LogP contribution >= 0.6 is 21.6 Å². The van der Waals surface area contributed by atoms with Crippen molar-refractivity contribution in [3.63, 3.8) is 0 Å². The summed E-state index contributed by atoms with van der Waals surface area (Å²) < 4.78 is 42.4. The number of hydrogen-bond donors (Lipinski definition) is 8. The molecule has 0 radical (unpaired) electrons. The van der Waals surface area contributed by atoms with Crippen molar-refractivity contribution >= 4 is 104 Å². The summed E-state index contributed by atoms with van der Waals surface area (Å²) in [7, 11) is 2.62. The highest BCUT2D eigenvalue weighted by atomic mass is 33.1. The SMILES string of the molecule is CC(=O)O[C@H]1C(=O)[C@@]2(C)[C@H]([C@H](OC(=O)c3ccccc3)[C@]3(O)CC(OC(=O)[C@H](OC(=O)OCCSSCCCC(=O)CC[C@H](NC(=O)c4ccc(NCc5cnc6nc(N)[nH]c(=O)c6n5)cc4)C(=O)O)[C@@H](NC(=O)c4ccccc4)c4ccccc4)C(C)=C1C3(C)C)[C@]1(OC(C)=O)CO[C@@H]1C[C@@H]2O. The number of ether oxygens (including phenoxy) is 7. The van der Waals surface area contributed by atoms with Crippen molar-refractivity contribution in [2.45, 2.75) is 147 Å². The van der Waals surface area contributed by atoms with E-state index in [1.165, 1.54) is 91.9 Å². The molecule has 31 heteroatoms. The molecule has 1 saturated heterocycles. The highest BCUT2D eigenvalue weighted by Crippen LogP contribution is 2.64. The van der Waals surface area contributed by atoms with Crippen LogP contribution in [0.15, 0.2) is 137 Å². The number of nitrogens with one attached hydrogen (secondary N) is 4. The summed E-state index contributed by atoms with van der Waals surface area (Å²) in [5, 5.41) is 44.7. The van der Waals surface area contributed by atoms with Gasteiger partial charge in [0.15, 0.2) is 28.7 Å². The number of nitrogen functional groups attached to an aromatic ring is 1. The van der Waals surface area contributed by atoms with Gasteiger partial charge in [0.1, 0.15) is 48.4 Å². The zero-order valence-corrected chi connectivity index (χ0v) is 58.6. The van der Waals surface area contributed by atoms with Crippen molar-refractivity contribution in [1.29, 1.82) is 0 Å². The van der Waals surface area contributed by atoms with Gasteiger partial charge in [-0.05, 0) is 91.9 Å². The van der Waals surface area contributed by atoms with Crippen molar-refractivity contribution in [2.75, 3.05) is 35.8 Å². The summed E-state index contributed by atoms with van der Waals surface area (Å²) in [6, 6.07) is 26.9. The minimum absolute atomic E-state index is 0.00432. The van der Waals surface area contributed by atoms with Crippen LogP contribution in [0.4, 0.5) is 16.4 Å². The molecular weight excluding hydrogens is 1380 g/mol. The fraction of sp³-hybridized carbons (Fsp3) is 0.417. The number of Topliss-reactive ketones (excluding diaryl/α,β-unsaturated/α-hetero) is 2. The van der Waals surface area contributed by atoms with E-state index in [-0.39, 0.29) is 101 Å². The lowest BCUT2D eigenvalue weighted by molar-refractivity contribution is -0.346. The molecule has 12 atom stereocenters. The summed E-state index contributed by atoms with van der Waals surface area (Å²) in [5.74, 6) is -9.17. The number of fused-ring (bicyclic) bond motifs is 6. The first kappa shape index (κ1) is 75.6. The van der Waals surface area contributed by atoms with Gasteiger partial charge in [0.05, 0.1) is 48.0 Å². The number of esters is 4. The Bertz CT molecular complexity index is 4300. The van der Waals surface area contributed by atoms with Gasteiger partial charge >= 0.3 is 36.0 Å². The Morgan fingerprint density at radius 3 is 2.07 bits per heavy atom. The van der Waals surface area contributed by atoms with Crippen LogP contribution in [-0.4, -0.2) is 173 Å². The Kier molecular flexibility index (Phi) is 23.5. The number of carbonyl (C=O) groups is 10. The highest BCUT2D eigenvalue weighted by Gasteiger charge is 2.78. The summed E-state index contributed by atoms with van der Waals surface area (Å²) in [6.45, 7) is 7.53. The van der Waals surface area contributed by atoms with Gasteiger partial charge in [0, 0.05) is 73.3 Å². The first-order valence-electron chi connectivity index (χ1n) is 33.1. The van der Waals surface area contributed by atoms with Crippen LogP contribution in [0.5, 0.6) is 0 Å². The number of benzene rings is 4. The van der Waals surface area contributed by atoms with E-state index in [4.69, 9.17) is 38.9 Å². The molecule has 2 saturated carbocycles. The molecule has 3 heterocycles. The number of hydrogen-bond acceptors (Lipinski definition) is 27. The van der Waals surface area contributed by atoms with Gasteiger partial charge < -0.3 is 70.2 Å². The van der Waals surface area contributed by atoms with Crippen LogP contribution in [0.1, 0.15) is 128 Å². The lowest BCUT2D eigenvalue weighted by Crippen LogP contribution is -2.82. The third kappa shape index (κ3) is 16.4. The molecule has 9 N–H and O–H groups in total. The molecule has 2 bridgehead atoms. The number of anilines is 2. The largest absolute Gasteiger partial charge is 0.509 e. The van der Waals surface area contributed by atoms with Crippen molar-refractivity contribution < 1.29 is 96.4 Å². The van der Waals surface area contributed by atoms with Crippen LogP contribution in [-0.2, 0) is 68.5 Å². The normalized spacial score (nSPS) is 23.9.